The Bertz CT molecular complexity index is 593. The molecule has 1 aliphatic rings. The Morgan fingerprint density at radius 1 is 1.20 bits per heavy atom. The topological polar surface area (TPSA) is 38.8 Å². The van der Waals surface area contributed by atoms with Gasteiger partial charge in [0.15, 0.2) is 0 Å². The summed E-state index contributed by atoms with van der Waals surface area (Å²) in [6, 6.07) is 4.96. The molecule has 1 fully saturated rings. The molecular weight excluding hydrogens is 335 g/mol. The molecular formula is C18H24F3NO3. The van der Waals surface area contributed by atoms with Gasteiger partial charge in [0.25, 0.3) is 0 Å². The molecule has 1 aromatic rings. The van der Waals surface area contributed by atoms with E-state index in [9.17, 15) is 18.0 Å². The highest BCUT2D eigenvalue weighted by Gasteiger charge is 2.38. The zero-order valence-corrected chi connectivity index (χ0v) is 14.9. The zero-order chi connectivity index (χ0) is 18.8. The predicted molar refractivity (Wildman–Crippen MR) is 87.4 cm³/mol. The number of hydrogen-bond acceptors (Lipinski definition) is 3. The van der Waals surface area contributed by atoms with Gasteiger partial charge in [-0.05, 0) is 44.9 Å². The number of ether oxygens (including phenoxy) is 2. The summed E-state index contributed by atoms with van der Waals surface area (Å²) in [7, 11) is 1.55. The minimum atomic E-state index is -4.35. The van der Waals surface area contributed by atoms with Crippen LogP contribution in [0, 0.1) is 0 Å². The van der Waals surface area contributed by atoms with E-state index in [-0.39, 0.29) is 12.0 Å². The number of hydrogen-bond donors (Lipinski definition) is 0. The van der Waals surface area contributed by atoms with Gasteiger partial charge in [-0.3, -0.25) is 0 Å². The third kappa shape index (κ3) is 5.11. The lowest BCUT2D eigenvalue weighted by Gasteiger charge is -2.28. The maximum absolute atomic E-state index is 12.7. The Morgan fingerprint density at radius 2 is 1.80 bits per heavy atom. The minimum absolute atomic E-state index is 0.0463. The molecule has 0 saturated carbocycles. The van der Waals surface area contributed by atoms with Gasteiger partial charge in [-0.1, -0.05) is 12.1 Å². The van der Waals surface area contributed by atoms with E-state index in [1.54, 1.807) is 32.8 Å². The van der Waals surface area contributed by atoms with Crippen molar-refractivity contribution in [1.82, 2.24) is 4.90 Å². The van der Waals surface area contributed by atoms with Gasteiger partial charge in [-0.15, -0.1) is 0 Å². The molecule has 0 aromatic heterocycles. The normalized spacial score (nSPS) is 21.5. The summed E-state index contributed by atoms with van der Waals surface area (Å²) >= 11 is 0. The molecule has 0 aliphatic carbocycles. The van der Waals surface area contributed by atoms with E-state index in [0.717, 1.165) is 17.7 Å². The van der Waals surface area contributed by atoms with Gasteiger partial charge in [0.2, 0.25) is 0 Å². The Labute approximate surface area is 145 Å². The van der Waals surface area contributed by atoms with Crippen LogP contribution in [0.15, 0.2) is 24.3 Å². The van der Waals surface area contributed by atoms with Gasteiger partial charge in [-0.25, -0.2) is 4.79 Å². The van der Waals surface area contributed by atoms with Crippen molar-refractivity contribution in [3.8, 4) is 0 Å². The van der Waals surface area contributed by atoms with Crippen molar-refractivity contribution in [2.24, 2.45) is 0 Å². The van der Waals surface area contributed by atoms with Crippen molar-refractivity contribution < 1.29 is 27.4 Å². The highest BCUT2D eigenvalue weighted by atomic mass is 19.4. The van der Waals surface area contributed by atoms with Crippen molar-refractivity contribution in [2.75, 3.05) is 20.3 Å². The Kier molecular flexibility index (Phi) is 5.66. The second kappa shape index (κ2) is 7.23. The molecule has 0 N–H and O–H groups in total. The molecule has 2 rings (SSSR count). The number of methoxy groups -OCH3 is 1. The Morgan fingerprint density at radius 3 is 2.28 bits per heavy atom. The number of carbonyl (C=O) groups is 1. The van der Waals surface area contributed by atoms with Crippen LogP contribution in [0.1, 0.15) is 44.2 Å². The van der Waals surface area contributed by atoms with Crippen LogP contribution in [0.2, 0.25) is 0 Å². The number of halogens is 3. The van der Waals surface area contributed by atoms with E-state index in [4.69, 9.17) is 9.47 Å². The number of nitrogens with zero attached hydrogens (tertiary/aromatic N) is 1. The number of carbonyl (C=O) groups excluding carboxylic acids is 1. The van der Waals surface area contributed by atoms with Crippen molar-refractivity contribution in [3.05, 3.63) is 35.4 Å². The molecule has 2 atom stereocenters. The third-order valence-electron chi connectivity index (χ3n) is 4.11. The summed E-state index contributed by atoms with van der Waals surface area (Å²) in [6.07, 6.45) is -4.16. The Balaban J connectivity index is 2.14. The lowest BCUT2D eigenvalue weighted by atomic mass is 9.95. The molecule has 0 spiro atoms. The second-order valence-corrected chi connectivity index (χ2v) is 7.29. The van der Waals surface area contributed by atoms with E-state index in [1.807, 2.05) is 0 Å². The standard InChI is InChI=1S/C18H24F3NO3/c1-17(2,3)25-16(23)22-10-13(9-15(22)11-24-4)12-5-7-14(8-6-12)18(19,20)21/h5-8,13,15H,9-11H2,1-4H3/t13?,15-/m1/s1. The zero-order valence-electron chi connectivity index (χ0n) is 14.9. The van der Waals surface area contributed by atoms with Crippen LogP contribution in [-0.2, 0) is 15.7 Å². The fourth-order valence-corrected chi connectivity index (χ4v) is 3.00. The fourth-order valence-electron chi connectivity index (χ4n) is 3.00. The fraction of sp³-hybridized carbons (Fsp3) is 0.611. The van der Waals surface area contributed by atoms with Crippen LogP contribution in [0.25, 0.3) is 0 Å². The molecule has 1 unspecified atom stereocenters. The first-order valence-corrected chi connectivity index (χ1v) is 8.17. The predicted octanol–water partition coefficient (Wildman–Crippen LogP) is 4.44. The maximum atomic E-state index is 12.7. The molecule has 0 bridgehead atoms. The molecule has 1 heterocycles. The number of benzene rings is 1. The van der Waals surface area contributed by atoms with Crippen molar-refractivity contribution in [1.29, 1.82) is 0 Å². The highest BCUT2D eigenvalue weighted by Crippen LogP contribution is 2.35. The first-order valence-electron chi connectivity index (χ1n) is 8.17. The summed E-state index contributed by atoms with van der Waals surface area (Å²) in [4.78, 5) is 14.0. The van der Waals surface area contributed by atoms with Crippen LogP contribution >= 0.6 is 0 Å². The van der Waals surface area contributed by atoms with Crippen molar-refractivity contribution in [3.63, 3.8) is 0 Å². The number of alkyl halides is 3. The van der Waals surface area contributed by atoms with E-state index in [1.165, 1.54) is 12.1 Å². The van der Waals surface area contributed by atoms with Gasteiger partial charge in [0.1, 0.15) is 5.60 Å². The average molecular weight is 359 g/mol. The molecule has 7 heteroatoms. The van der Waals surface area contributed by atoms with Crippen LogP contribution < -0.4 is 0 Å². The summed E-state index contributed by atoms with van der Waals surface area (Å²) in [5.74, 6) is -0.0463. The van der Waals surface area contributed by atoms with Gasteiger partial charge < -0.3 is 14.4 Å². The molecule has 0 radical (unpaired) electrons. The highest BCUT2D eigenvalue weighted by molar-refractivity contribution is 5.69. The summed E-state index contributed by atoms with van der Waals surface area (Å²) in [6.45, 7) is 6.13. The lowest BCUT2D eigenvalue weighted by Crippen LogP contribution is -2.41. The van der Waals surface area contributed by atoms with Gasteiger partial charge in [-0.2, -0.15) is 13.2 Å². The third-order valence-corrected chi connectivity index (χ3v) is 4.11. The van der Waals surface area contributed by atoms with E-state index in [2.05, 4.69) is 0 Å². The molecule has 140 valence electrons. The maximum Gasteiger partial charge on any atom is 0.416 e. The number of rotatable bonds is 3. The SMILES string of the molecule is COC[C@H]1CC(c2ccc(C(F)(F)F)cc2)CN1C(=O)OC(C)(C)C. The Hall–Kier alpha value is -1.76. The van der Waals surface area contributed by atoms with Crippen LogP contribution in [0.3, 0.4) is 0 Å². The molecule has 1 aromatic carbocycles. The van der Waals surface area contributed by atoms with Gasteiger partial charge in [0.05, 0.1) is 18.2 Å². The average Bonchev–Trinajstić information content (AvgIpc) is 2.89. The molecule has 4 nitrogen and oxygen atoms in total. The largest absolute Gasteiger partial charge is 0.444 e. The quantitative estimate of drug-likeness (QED) is 0.801. The lowest BCUT2D eigenvalue weighted by molar-refractivity contribution is -0.137. The smallest absolute Gasteiger partial charge is 0.416 e. The minimum Gasteiger partial charge on any atom is -0.444 e. The van der Waals surface area contributed by atoms with Gasteiger partial charge in [0, 0.05) is 19.6 Å². The first kappa shape index (κ1) is 19.6. The van der Waals surface area contributed by atoms with Crippen LogP contribution in [0.5, 0.6) is 0 Å². The van der Waals surface area contributed by atoms with Crippen molar-refractivity contribution in [2.45, 2.75) is 50.9 Å². The molecule has 1 saturated heterocycles. The van der Waals surface area contributed by atoms with Crippen molar-refractivity contribution >= 4 is 6.09 Å². The van der Waals surface area contributed by atoms with E-state index < -0.39 is 23.4 Å². The molecule has 1 aliphatic heterocycles. The van der Waals surface area contributed by atoms with E-state index in [0.29, 0.717) is 19.6 Å². The van der Waals surface area contributed by atoms with Crippen LogP contribution in [0.4, 0.5) is 18.0 Å². The molecule has 1 amide bonds. The first-order chi connectivity index (χ1) is 11.5. The summed E-state index contributed by atoms with van der Waals surface area (Å²) in [5, 5.41) is 0. The monoisotopic (exact) mass is 359 g/mol. The molecule has 25 heavy (non-hydrogen) atoms. The number of amides is 1. The summed E-state index contributed by atoms with van der Waals surface area (Å²) < 4.78 is 48.7. The van der Waals surface area contributed by atoms with Gasteiger partial charge >= 0.3 is 12.3 Å². The number of likely N-dealkylation sites (tertiary alicyclic amines) is 1. The van der Waals surface area contributed by atoms with Crippen LogP contribution in [-0.4, -0.2) is 42.9 Å². The second-order valence-electron chi connectivity index (χ2n) is 7.29. The summed E-state index contributed by atoms with van der Waals surface area (Å²) in [5.41, 5.74) is -0.506. The van der Waals surface area contributed by atoms with E-state index >= 15 is 0 Å².